The molecule has 2 aromatic rings. The molecule has 0 spiro atoms. The molecule has 2 aromatic heterocycles. The third-order valence-electron chi connectivity index (χ3n) is 3.08. The summed E-state index contributed by atoms with van der Waals surface area (Å²) in [7, 11) is 0. The number of thioether (sulfide) groups is 1. The molecule has 20 heavy (non-hydrogen) atoms. The average molecular weight is 294 g/mol. The molecule has 0 unspecified atom stereocenters. The van der Waals surface area contributed by atoms with Crippen LogP contribution in [-0.2, 0) is 11.2 Å². The van der Waals surface area contributed by atoms with E-state index in [1.807, 2.05) is 0 Å². The van der Waals surface area contributed by atoms with Gasteiger partial charge in [0.05, 0.1) is 5.75 Å². The summed E-state index contributed by atoms with van der Waals surface area (Å²) in [5.41, 5.74) is -0.133. The average Bonchev–Trinajstić information content (AvgIpc) is 2.99. The second kappa shape index (κ2) is 4.76. The fourth-order valence-corrected chi connectivity index (χ4v) is 2.54. The molecule has 3 rings (SSSR count). The molecule has 0 aliphatic heterocycles. The summed E-state index contributed by atoms with van der Waals surface area (Å²) < 4.78 is 6.75. The van der Waals surface area contributed by atoms with Crippen molar-refractivity contribution >= 4 is 11.8 Å². The molecule has 0 bridgehead atoms. The molecule has 8 heteroatoms. The van der Waals surface area contributed by atoms with Crippen LogP contribution in [-0.4, -0.2) is 25.0 Å². The lowest BCUT2D eigenvalue weighted by molar-refractivity contribution is 0.375. The molecule has 2 heterocycles. The molecule has 7 nitrogen and oxygen atoms in total. The van der Waals surface area contributed by atoms with Crippen LogP contribution in [0.4, 0.5) is 0 Å². The molecule has 0 radical (unpaired) electrons. The quantitative estimate of drug-likeness (QED) is 0.679. The summed E-state index contributed by atoms with van der Waals surface area (Å²) >= 11 is 1.46. The standard InChI is InChI=1S/C12H18N6OS/c1-12(2,3)10-15-16-11(18(10)13)20-6-8-14-9(19-17-8)7-4-5-7/h7H,4-6,13H2,1-3H3. The second-order valence-electron chi connectivity index (χ2n) is 6.04. The fourth-order valence-electron chi connectivity index (χ4n) is 1.84. The highest BCUT2D eigenvalue weighted by Gasteiger charge is 2.29. The molecular formula is C12H18N6OS. The Hall–Kier alpha value is -1.57. The Balaban J connectivity index is 1.67. The highest BCUT2D eigenvalue weighted by molar-refractivity contribution is 7.98. The Morgan fingerprint density at radius 3 is 2.70 bits per heavy atom. The van der Waals surface area contributed by atoms with Gasteiger partial charge < -0.3 is 10.4 Å². The van der Waals surface area contributed by atoms with Gasteiger partial charge in [-0.2, -0.15) is 4.98 Å². The minimum absolute atomic E-state index is 0.133. The van der Waals surface area contributed by atoms with E-state index in [-0.39, 0.29) is 5.41 Å². The Kier molecular flexibility index (Phi) is 3.19. The van der Waals surface area contributed by atoms with E-state index in [1.54, 1.807) is 0 Å². The summed E-state index contributed by atoms with van der Waals surface area (Å²) in [4.78, 5) is 4.38. The molecule has 1 aliphatic rings. The lowest BCUT2D eigenvalue weighted by Gasteiger charge is -2.16. The zero-order chi connectivity index (χ0) is 14.3. The van der Waals surface area contributed by atoms with Gasteiger partial charge in [0.25, 0.3) is 0 Å². The summed E-state index contributed by atoms with van der Waals surface area (Å²) in [5, 5.41) is 12.9. The van der Waals surface area contributed by atoms with E-state index in [9.17, 15) is 0 Å². The maximum absolute atomic E-state index is 6.02. The van der Waals surface area contributed by atoms with Crippen molar-refractivity contribution in [2.24, 2.45) is 0 Å². The highest BCUT2D eigenvalue weighted by Crippen LogP contribution is 2.39. The number of rotatable bonds is 4. The van der Waals surface area contributed by atoms with Crippen molar-refractivity contribution in [1.82, 2.24) is 25.0 Å². The Morgan fingerprint density at radius 1 is 1.35 bits per heavy atom. The predicted octanol–water partition coefficient (Wildman–Crippen LogP) is 1.84. The van der Waals surface area contributed by atoms with Crippen molar-refractivity contribution in [3.63, 3.8) is 0 Å². The van der Waals surface area contributed by atoms with Gasteiger partial charge >= 0.3 is 0 Å². The van der Waals surface area contributed by atoms with Gasteiger partial charge in [-0.25, -0.2) is 4.68 Å². The highest BCUT2D eigenvalue weighted by atomic mass is 32.2. The molecule has 2 N–H and O–H groups in total. The normalized spacial score (nSPS) is 15.8. The van der Waals surface area contributed by atoms with Crippen LogP contribution >= 0.6 is 11.8 Å². The Labute approximate surface area is 121 Å². The van der Waals surface area contributed by atoms with E-state index in [2.05, 4.69) is 41.1 Å². The van der Waals surface area contributed by atoms with Crippen LogP contribution in [0.1, 0.15) is 57.1 Å². The van der Waals surface area contributed by atoms with Gasteiger partial charge in [-0.1, -0.05) is 37.7 Å². The van der Waals surface area contributed by atoms with E-state index in [0.29, 0.717) is 22.7 Å². The lowest BCUT2D eigenvalue weighted by atomic mass is 9.96. The molecule has 0 saturated heterocycles. The lowest BCUT2D eigenvalue weighted by Crippen LogP contribution is -2.24. The molecule has 1 saturated carbocycles. The van der Waals surface area contributed by atoms with Gasteiger partial charge in [0.2, 0.25) is 11.0 Å². The number of nitrogens with zero attached hydrogens (tertiary/aromatic N) is 5. The first-order valence-electron chi connectivity index (χ1n) is 6.61. The number of aromatic nitrogens is 5. The van der Waals surface area contributed by atoms with Crippen LogP contribution in [0.25, 0.3) is 0 Å². The second-order valence-corrected chi connectivity index (χ2v) is 6.98. The van der Waals surface area contributed by atoms with E-state index in [1.165, 1.54) is 16.4 Å². The van der Waals surface area contributed by atoms with Crippen molar-refractivity contribution in [2.75, 3.05) is 5.84 Å². The molecule has 0 amide bonds. The van der Waals surface area contributed by atoms with Gasteiger partial charge in [-0.05, 0) is 12.8 Å². The minimum Gasteiger partial charge on any atom is -0.339 e. The van der Waals surface area contributed by atoms with Crippen molar-refractivity contribution in [3.05, 3.63) is 17.5 Å². The number of hydrogen-bond donors (Lipinski definition) is 1. The first-order chi connectivity index (χ1) is 9.45. The SMILES string of the molecule is CC(C)(C)c1nnc(SCc2noc(C3CC3)n2)n1N. The van der Waals surface area contributed by atoms with Gasteiger partial charge in [0.15, 0.2) is 11.6 Å². The van der Waals surface area contributed by atoms with Crippen LogP contribution in [0.15, 0.2) is 9.68 Å². The number of nitrogens with two attached hydrogens (primary N) is 1. The Morgan fingerprint density at radius 2 is 2.10 bits per heavy atom. The van der Waals surface area contributed by atoms with Crippen LogP contribution in [0.3, 0.4) is 0 Å². The van der Waals surface area contributed by atoms with Crippen molar-refractivity contribution < 1.29 is 4.52 Å². The predicted molar refractivity (Wildman–Crippen MR) is 74.7 cm³/mol. The molecule has 1 fully saturated rings. The summed E-state index contributed by atoms with van der Waals surface area (Å²) in [6, 6.07) is 0. The molecular weight excluding hydrogens is 276 g/mol. The number of hydrogen-bond acceptors (Lipinski definition) is 7. The molecule has 108 valence electrons. The topological polar surface area (TPSA) is 95.6 Å². The van der Waals surface area contributed by atoms with Crippen molar-refractivity contribution in [1.29, 1.82) is 0 Å². The summed E-state index contributed by atoms with van der Waals surface area (Å²) in [5.74, 6) is 9.27. The zero-order valence-electron chi connectivity index (χ0n) is 11.8. The third kappa shape index (κ3) is 2.65. The van der Waals surface area contributed by atoms with Gasteiger partial charge in [-0.15, -0.1) is 10.2 Å². The summed E-state index contributed by atoms with van der Waals surface area (Å²) in [6.45, 7) is 6.15. The smallest absolute Gasteiger partial charge is 0.229 e. The van der Waals surface area contributed by atoms with Gasteiger partial charge in [0.1, 0.15) is 0 Å². The van der Waals surface area contributed by atoms with Crippen LogP contribution < -0.4 is 5.84 Å². The Bertz CT molecular complexity index is 610. The molecule has 0 aromatic carbocycles. The largest absolute Gasteiger partial charge is 0.339 e. The molecule has 1 aliphatic carbocycles. The number of nitrogen functional groups attached to an aromatic ring is 1. The van der Waals surface area contributed by atoms with Crippen LogP contribution in [0, 0.1) is 0 Å². The van der Waals surface area contributed by atoms with E-state index < -0.39 is 0 Å². The molecule has 0 atom stereocenters. The van der Waals surface area contributed by atoms with Gasteiger partial charge in [0, 0.05) is 11.3 Å². The van der Waals surface area contributed by atoms with Crippen LogP contribution in [0.5, 0.6) is 0 Å². The third-order valence-corrected chi connectivity index (χ3v) is 4.02. The van der Waals surface area contributed by atoms with E-state index >= 15 is 0 Å². The monoisotopic (exact) mass is 294 g/mol. The van der Waals surface area contributed by atoms with E-state index in [4.69, 9.17) is 10.4 Å². The van der Waals surface area contributed by atoms with Gasteiger partial charge in [-0.3, -0.25) is 0 Å². The maximum atomic E-state index is 6.02. The van der Waals surface area contributed by atoms with Crippen molar-refractivity contribution in [2.45, 2.75) is 55.9 Å². The van der Waals surface area contributed by atoms with E-state index in [0.717, 1.165) is 24.6 Å². The van der Waals surface area contributed by atoms with Crippen LogP contribution in [0.2, 0.25) is 0 Å². The first kappa shape index (κ1) is 13.4. The zero-order valence-corrected chi connectivity index (χ0v) is 12.6. The minimum atomic E-state index is -0.133. The maximum Gasteiger partial charge on any atom is 0.229 e. The first-order valence-corrected chi connectivity index (χ1v) is 7.60. The fraction of sp³-hybridized carbons (Fsp3) is 0.667. The van der Waals surface area contributed by atoms with Crippen molar-refractivity contribution in [3.8, 4) is 0 Å². The summed E-state index contributed by atoms with van der Waals surface area (Å²) in [6.07, 6.45) is 2.31.